The van der Waals surface area contributed by atoms with Crippen LogP contribution < -0.4 is 0 Å². The zero-order chi connectivity index (χ0) is 33.4. The molecule has 4 aromatic rings. The number of thiophene rings is 1. The standard InChI is InChI=1S/C37H39NO6S3/c1-36(2,3)44-34(39)23-37(33-18-17-32(46-33)25-13-15-26(45-4)16-14-25)19-20-38(21-22-47(37,41)42)35(40)43-24-31-29-11-7-5-9-27(29)28-10-6-8-12-30(28)31/h5-18,31H,19-24H2,1-4H3. The molecule has 1 unspecified atom stereocenters. The van der Waals surface area contributed by atoms with Crippen molar-refractivity contribution in [1.82, 2.24) is 4.90 Å². The van der Waals surface area contributed by atoms with E-state index in [1.54, 1.807) is 32.5 Å². The molecule has 0 N–H and O–H groups in total. The van der Waals surface area contributed by atoms with Crippen molar-refractivity contribution in [2.75, 3.05) is 31.7 Å². The maximum atomic E-state index is 14.3. The van der Waals surface area contributed by atoms with E-state index in [1.165, 1.54) is 16.2 Å². The lowest BCUT2D eigenvalue weighted by molar-refractivity contribution is -0.155. The third-order valence-corrected chi connectivity index (χ3v) is 13.6. The molecule has 0 spiro atoms. The molecule has 3 aromatic carbocycles. The number of esters is 1. The number of sulfone groups is 1. The van der Waals surface area contributed by atoms with Crippen molar-refractivity contribution in [3.63, 3.8) is 0 Å². The molecular formula is C37H39NO6S3. The van der Waals surface area contributed by atoms with Gasteiger partial charge in [0.25, 0.3) is 0 Å². The Hall–Kier alpha value is -3.60. The Bertz CT molecular complexity index is 1850. The molecule has 10 heteroatoms. The Balaban J connectivity index is 1.26. The highest BCUT2D eigenvalue weighted by Gasteiger charge is 2.51. The number of carbonyl (C=O) groups excluding carboxylic acids is 2. The average molecular weight is 690 g/mol. The molecule has 1 aliphatic heterocycles. The van der Waals surface area contributed by atoms with Gasteiger partial charge in [-0.1, -0.05) is 60.7 Å². The summed E-state index contributed by atoms with van der Waals surface area (Å²) in [5.74, 6) is -0.992. The quantitative estimate of drug-likeness (QED) is 0.143. The van der Waals surface area contributed by atoms with Crippen LogP contribution in [-0.2, 0) is 28.9 Å². The van der Waals surface area contributed by atoms with Crippen LogP contribution in [0.4, 0.5) is 4.79 Å². The lowest BCUT2D eigenvalue weighted by atomic mass is 9.97. The molecule has 0 radical (unpaired) electrons. The maximum absolute atomic E-state index is 14.3. The number of carbonyl (C=O) groups is 2. The van der Waals surface area contributed by atoms with Crippen LogP contribution >= 0.6 is 23.1 Å². The van der Waals surface area contributed by atoms with Gasteiger partial charge in [-0.15, -0.1) is 23.1 Å². The number of rotatable bonds is 7. The monoisotopic (exact) mass is 689 g/mol. The van der Waals surface area contributed by atoms with E-state index in [0.717, 1.165) is 37.6 Å². The van der Waals surface area contributed by atoms with Gasteiger partial charge in [0, 0.05) is 33.7 Å². The van der Waals surface area contributed by atoms with E-state index in [4.69, 9.17) is 9.47 Å². The summed E-state index contributed by atoms with van der Waals surface area (Å²) in [7, 11) is -3.93. The minimum Gasteiger partial charge on any atom is -0.460 e. The normalized spacial score (nSPS) is 19.0. The molecule has 1 aliphatic carbocycles. The van der Waals surface area contributed by atoms with Gasteiger partial charge in [0.15, 0.2) is 9.84 Å². The SMILES string of the molecule is CSc1ccc(-c2ccc(C3(CC(=O)OC(C)(C)C)CCN(C(=O)OCC4c5ccccc5-c5ccccc54)CCS3(=O)=O)s2)cc1. The zero-order valence-corrected chi connectivity index (χ0v) is 29.5. The minimum atomic E-state index is -3.93. The van der Waals surface area contributed by atoms with Crippen molar-refractivity contribution < 1.29 is 27.5 Å². The Kier molecular flexibility index (Phi) is 9.30. The number of fused-ring (bicyclic) bond motifs is 3. The van der Waals surface area contributed by atoms with Gasteiger partial charge in [0.05, 0.1) is 12.2 Å². The molecule has 1 amide bonds. The molecule has 0 bridgehead atoms. The van der Waals surface area contributed by atoms with E-state index < -0.39 is 32.2 Å². The molecule has 1 saturated heterocycles. The number of hydrogen-bond acceptors (Lipinski definition) is 8. The van der Waals surface area contributed by atoms with Crippen LogP contribution in [0.15, 0.2) is 89.8 Å². The molecule has 1 atom stereocenters. The molecule has 1 fully saturated rings. The number of thioether (sulfide) groups is 1. The highest BCUT2D eigenvalue weighted by molar-refractivity contribution is 7.98. The largest absolute Gasteiger partial charge is 0.460 e. The van der Waals surface area contributed by atoms with Gasteiger partial charge in [-0.25, -0.2) is 13.2 Å². The first kappa shape index (κ1) is 33.3. The first-order chi connectivity index (χ1) is 22.4. The van der Waals surface area contributed by atoms with Crippen molar-refractivity contribution >= 4 is 45.0 Å². The third-order valence-electron chi connectivity index (χ3n) is 8.88. The summed E-state index contributed by atoms with van der Waals surface area (Å²) in [4.78, 5) is 31.0. The molecule has 2 aliphatic rings. The average Bonchev–Trinajstić information content (AvgIpc) is 3.63. The van der Waals surface area contributed by atoms with Crippen LogP contribution in [0, 0.1) is 0 Å². The number of benzene rings is 3. The lowest BCUT2D eigenvalue weighted by Gasteiger charge is -2.31. The van der Waals surface area contributed by atoms with E-state index in [9.17, 15) is 18.0 Å². The Labute approximate surface area is 285 Å². The summed E-state index contributed by atoms with van der Waals surface area (Å²) in [6.07, 6.45) is 1.16. The molecule has 7 nitrogen and oxygen atoms in total. The maximum Gasteiger partial charge on any atom is 0.409 e. The summed E-state index contributed by atoms with van der Waals surface area (Å²) in [6.45, 7) is 5.53. The van der Waals surface area contributed by atoms with Gasteiger partial charge in [0.2, 0.25) is 0 Å². The van der Waals surface area contributed by atoms with E-state index in [2.05, 4.69) is 24.3 Å². The second-order valence-corrected chi connectivity index (χ2v) is 17.4. The number of hydrogen-bond donors (Lipinski definition) is 0. The van der Waals surface area contributed by atoms with Gasteiger partial charge in [-0.3, -0.25) is 4.79 Å². The topological polar surface area (TPSA) is 90.0 Å². The van der Waals surface area contributed by atoms with Gasteiger partial charge in [-0.2, -0.15) is 0 Å². The van der Waals surface area contributed by atoms with Crippen molar-refractivity contribution in [1.29, 1.82) is 0 Å². The minimum absolute atomic E-state index is 0.0244. The predicted octanol–water partition coefficient (Wildman–Crippen LogP) is 8.13. The van der Waals surface area contributed by atoms with Gasteiger partial charge < -0.3 is 14.4 Å². The fraction of sp³-hybridized carbons (Fsp3) is 0.351. The Morgan fingerprint density at radius 3 is 2.17 bits per heavy atom. The molecule has 1 aromatic heterocycles. The molecule has 2 heterocycles. The van der Waals surface area contributed by atoms with Crippen LogP contribution in [0.1, 0.15) is 55.5 Å². The summed E-state index contributed by atoms with van der Waals surface area (Å²) in [5, 5.41) is 0. The van der Waals surface area contributed by atoms with Crippen molar-refractivity contribution in [2.45, 2.75) is 54.8 Å². The predicted molar refractivity (Wildman–Crippen MR) is 189 cm³/mol. The summed E-state index contributed by atoms with van der Waals surface area (Å²) < 4.78 is 38.6. The number of nitrogens with zero attached hydrogens (tertiary/aromatic N) is 1. The van der Waals surface area contributed by atoms with Crippen LogP contribution in [0.5, 0.6) is 0 Å². The van der Waals surface area contributed by atoms with Crippen molar-refractivity contribution in [3.8, 4) is 21.6 Å². The number of amides is 1. The second-order valence-electron chi connectivity index (χ2n) is 13.0. The highest BCUT2D eigenvalue weighted by atomic mass is 32.2. The fourth-order valence-corrected chi connectivity index (χ4v) is 10.5. The summed E-state index contributed by atoms with van der Waals surface area (Å²) >= 11 is 3.02. The molecule has 6 rings (SSSR count). The summed E-state index contributed by atoms with van der Waals surface area (Å²) in [6, 6.07) is 28.1. The molecule has 47 heavy (non-hydrogen) atoms. The lowest BCUT2D eigenvalue weighted by Crippen LogP contribution is -2.40. The van der Waals surface area contributed by atoms with E-state index in [-0.39, 0.29) is 44.2 Å². The third kappa shape index (κ3) is 6.73. The van der Waals surface area contributed by atoms with Crippen LogP contribution in [0.2, 0.25) is 0 Å². The Morgan fingerprint density at radius 1 is 0.915 bits per heavy atom. The van der Waals surface area contributed by atoms with Crippen LogP contribution in [0.25, 0.3) is 21.6 Å². The summed E-state index contributed by atoms with van der Waals surface area (Å²) in [5.41, 5.74) is 4.66. The molecular weight excluding hydrogens is 651 g/mol. The smallest absolute Gasteiger partial charge is 0.409 e. The number of ether oxygens (including phenoxy) is 2. The van der Waals surface area contributed by atoms with Crippen LogP contribution in [0.3, 0.4) is 0 Å². The fourth-order valence-electron chi connectivity index (χ4n) is 6.54. The molecule has 246 valence electrons. The van der Waals surface area contributed by atoms with Crippen molar-refractivity contribution in [3.05, 3.63) is 101 Å². The van der Waals surface area contributed by atoms with Gasteiger partial charge >= 0.3 is 12.1 Å². The van der Waals surface area contributed by atoms with E-state index >= 15 is 0 Å². The van der Waals surface area contributed by atoms with E-state index in [0.29, 0.717) is 4.88 Å². The highest BCUT2D eigenvalue weighted by Crippen LogP contribution is 2.47. The van der Waals surface area contributed by atoms with Gasteiger partial charge in [-0.05, 0) is 85.5 Å². The van der Waals surface area contributed by atoms with Crippen molar-refractivity contribution in [2.24, 2.45) is 0 Å². The zero-order valence-electron chi connectivity index (χ0n) is 27.0. The van der Waals surface area contributed by atoms with Crippen LogP contribution in [-0.4, -0.2) is 62.7 Å². The van der Waals surface area contributed by atoms with Gasteiger partial charge in [0.1, 0.15) is 17.0 Å². The Morgan fingerprint density at radius 2 is 1.55 bits per heavy atom. The first-order valence-corrected chi connectivity index (χ1v) is 19.4. The first-order valence-electron chi connectivity index (χ1n) is 15.7. The second kappa shape index (κ2) is 13.1. The molecule has 0 saturated carbocycles. The van der Waals surface area contributed by atoms with E-state index in [1.807, 2.05) is 66.9 Å².